The molecule has 2 atom stereocenters. The predicted octanol–water partition coefficient (Wildman–Crippen LogP) is 1.48. The lowest BCUT2D eigenvalue weighted by atomic mass is 9.98. The normalized spacial score (nSPS) is 24.2. The molecule has 0 aromatic rings. The van der Waals surface area contributed by atoms with Crippen LogP contribution in [-0.4, -0.2) is 40.8 Å². The lowest BCUT2D eigenvalue weighted by molar-refractivity contribution is -0.142. The summed E-state index contributed by atoms with van der Waals surface area (Å²) in [5.74, 6) is 1.06. The van der Waals surface area contributed by atoms with Crippen LogP contribution in [0.15, 0.2) is 0 Å². The van der Waals surface area contributed by atoms with Gasteiger partial charge in [-0.25, -0.2) is 0 Å². The summed E-state index contributed by atoms with van der Waals surface area (Å²) in [5, 5.41) is 8.82. The van der Waals surface area contributed by atoms with Crippen molar-refractivity contribution in [2.75, 3.05) is 18.1 Å². The molecule has 0 spiro atoms. The van der Waals surface area contributed by atoms with Crippen LogP contribution in [0.25, 0.3) is 0 Å². The quantitative estimate of drug-likeness (QED) is 0.667. The van der Waals surface area contributed by atoms with E-state index in [0.717, 1.165) is 31.0 Å². The zero-order valence-corrected chi connectivity index (χ0v) is 10.6. The monoisotopic (exact) mass is 247 g/mol. The van der Waals surface area contributed by atoms with E-state index in [9.17, 15) is 4.79 Å². The smallest absolute Gasteiger partial charge is 0.323 e. The highest BCUT2D eigenvalue weighted by atomic mass is 32.2. The van der Waals surface area contributed by atoms with Crippen molar-refractivity contribution in [2.45, 2.75) is 44.2 Å². The van der Waals surface area contributed by atoms with E-state index >= 15 is 0 Å². The van der Waals surface area contributed by atoms with Gasteiger partial charge in [0.05, 0.1) is 6.10 Å². The highest BCUT2D eigenvalue weighted by Crippen LogP contribution is 2.19. The van der Waals surface area contributed by atoms with Gasteiger partial charge >= 0.3 is 5.97 Å². The minimum Gasteiger partial charge on any atom is -0.480 e. The van der Waals surface area contributed by atoms with Crippen LogP contribution < -0.4 is 5.73 Å². The van der Waals surface area contributed by atoms with E-state index in [1.54, 1.807) is 6.92 Å². The zero-order valence-electron chi connectivity index (χ0n) is 9.78. The molecule has 16 heavy (non-hydrogen) atoms. The number of hydrogen-bond acceptors (Lipinski definition) is 4. The summed E-state index contributed by atoms with van der Waals surface area (Å²) in [7, 11) is 0. The molecule has 1 heterocycles. The highest BCUT2D eigenvalue weighted by molar-refractivity contribution is 7.99. The fourth-order valence-electron chi connectivity index (χ4n) is 1.64. The summed E-state index contributed by atoms with van der Waals surface area (Å²) in [6.07, 6.45) is 4.12. The van der Waals surface area contributed by atoms with Crippen molar-refractivity contribution < 1.29 is 14.6 Å². The van der Waals surface area contributed by atoms with Crippen molar-refractivity contribution in [1.82, 2.24) is 0 Å². The maximum absolute atomic E-state index is 10.7. The van der Waals surface area contributed by atoms with Gasteiger partial charge in [0.2, 0.25) is 0 Å². The minimum absolute atomic E-state index is 0.411. The number of rotatable bonds is 7. The third-order valence-corrected chi connectivity index (χ3v) is 3.99. The average Bonchev–Trinajstić information content (AvgIpc) is 2.69. The first-order valence-corrected chi connectivity index (χ1v) is 6.89. The maximum Gasteiger partial charge on any atom is 0.323 e. The molecular weight excluding hydrogens is 226 g/mol. The van der Waals surface area contributed by atoms with Crippen molar-refractivity contribution in [1.29, 1.82) is 0 Å². The Morgan fingerprint density at radius 3 is 3.00 bits per heavy atom. The lowest BCUT2D eigenvalue weighted by Gasteiger charge is -2.18. The molecule has 5 heteroatoms. The van der Waals surface area contributed by atoms with Gasteiger partial charge in [0.25, 0.3) is 0 Å². The fourth-order valence-corrected chi connectivity index (χ4v) is 2.68. The largest absolute Gasteiger partial charge is 0.480 e. The van der Waals surface area contributed by atoms with Gasteiger partial charge in [-0.05, 0) is 38.4 Å². The van der Waals surface area contributed by atoms with E-state index < -0.39 is 11.5 Å². The van der Waals surface area contributed by atoms with Crippen molar-refractivity contribution in [3.8, 4) is 0 Å². The van der Waals surface area contributed by atoms with Crippen LogP contribution >= 0.6 is 11.8 Å². The molecule has 0 amide bonds. The van der Waals surface area contributed by atoms with Crippen LogP contribution in [0.5, 0.6) is 0 Å². The van der Waals surface area contributed by atoms with Gasteiger partial charge in [-0.3, -0.25) is 4.79 Å². The van der Waals surface area contributed by atoms with Crippen LogP contribution in [-0.2, 0) is 9.53 Å². The Morgan fingerprint density at radius 1 is 1.69 bits per heavy atom. The summed E-state index contributed by atoms with van der Waals surface area (Å²) in [4.78, 5) is 10.7. The molecule has 94 valence electrons. The Hall–Kier alpha value is -0.260. The topological polar surface area (TPSA) is 72.5 Å². The van der Waals surface area contributed by atoms with Gasteiger partial charge in [0.15, 0.2) is 0 Å². The molecule has 0 aromatic heterocycles. The van der Waals surface area contributed by atoms with Gasteiger partial charge in [0.1, 0.15) is 5.54 Å². The van der Waals surface area contributed by atoms with E-state index in [1.165, 1.54) is 6.42 Å². The van der Waals surface area contributed by atoms with Crippen molar-refractivity contribution >= 4 is 17.7 Å². The Kier molecular flexibility index (Phi) is 5.58. The van der Waals surface area contributed by atoms with E-state index in [2.05, 4.69) is 0 Å². The molecule has 0 aliphatic carbocycles. The second-order valence-corrected chi connectivity index (χ2v) is 5.69. The summed E-state index contributed by atoms with van der Waals surface area (Å²) < 4.78 is 5.50. The Morgan fingerprint density at radius 2 is 2.44 bits per heavy atom. The number of carboxylic acid groups (broad SMARTS) is 1. The van der Waals surface area contributed by atoms with Crippen LogP contribution in [0.3, 0.4) is 0 Å². The average molecular weight is 247 g/mol. The molecule has 2 unspecified atom stereocenters. The third kappa shape index (κ3) is 4.72. The molecule has 0 aromatic carbocycles. The standard InChI is InChI=1S/C11H21NO3S/c1-11(12,10(13)14)5-3-7-16-8-9-4-2-6-15-9/h9H,2-8,12H2,1H3,(H,13,14). The summed E-state index contributed by atoms with van der Waals surface area (Å²) in [6, 6.07) is 0. The molecule has 1 aliphatic rings. The number of aliphatic carboxylic acids is 1. The molecule has 0 saturated carbocycles. The van der Waals surface area contributed by atoms with E-state index in [1.807, 2.05) is 11.8 Å². The zero-order chi connectivity index (χ0) is 12.0. The number of ether oxygens (including phenoxy) is 1. The predicted molar refractivity (Wildman–Crippen MR) is 65.8 cm³/mol. The molecule has 1 aliphatic heterocycles. The van der Waals surface area contributed by atoms with E-state index in [4.69, 9.17) is 15.6 Å². The number of nitrogens with two attached hydrogens (primary N) is 1. The van der Waals surface area contributed by atoms with Crippen LogP contribution in [0.4, 0.5) is 0 Å². The van der Waals surface area contributed by atoms with Gasteiger partial charge in [-0.2, -0.15) is 11.8 Å². The van der Waals surface area contributed by atoms with Crippen LogP contribution in [0, 0.1) is 0 Å². The molecule has 1 rings (SSSR count). The van der Waals surface area contributed by atoms with Crippen LogP contribution in [0.2, 0.25) is 0 Å². The molecule has 1 fully saturated rings. The molecular formula is C11H21NO3S. The molecule has 0 radical (unpaired) electrons. The van der Waals surface area contributed by atoms with Crippen molar-refractivity contribution in [3.63, 3.8) is 0 Å². The number of thioether (sulfide) groups is 1. The summed E-state index contributed by atoms with van der Waals surface area (Å²) in [5.41, 5.74) is 4.55. The van der Waals surface area contributed by atoms with Gasteiger partial charge < -0.3 is 15.6 Å². The lowest BCUT2D eigenvalue weighted by Crippen LogP contribution is -2.44. The van der Waals surface area contributed by atoms with E-state index in [-0.39, 0.29) is 0 Å². The van der Waals surface area contributed by atoms with Gasteiger partial charge in [-0.15, -0.1) is 0 Å². The van der Waals surface area contributed by atoms with Crippen LogP contribution in [0.1, 0.15) is 32.6 Å². The van der Waals surface area contributed by atoms with Gasteiger partial charge in [-0.1, -0.05) is 0 Å². The number of hydrogen-bond donors (Lipinski definition) is 2. The first-order chi connectivity index (χ1) is 7.52. The van der Waals surface area contributed by atoms with E-state index in [0.29, 0.717) is 12.5 Å². The molecule has 3 N–H and O–H groups in total. The summed E-state index contributed by atoms with van der Waals surface area (Å²) in [6.45, 7) is 2.46. The Balaban J connectivity index is 2.01. The Bertz CT molecular complexity index is 227. The highest BCUT2D eigenvalue weighted by Gasteiger charge is 2.26. The minimum atomic E-state index is -1.08. The molecule has 4 nitrogen and oxygen atoms in total. The molecule has 0 bridgehead atoms. The molecule has 1 saturated heterocycles. The van der Waals surface area contributed by atoms with Gasteiger partial charge in [0, 0.05) is 12.4 Å². The summed E-state index contributed by atoms with van der Waals surface area (Å²) >= 11 is 1.83. The SMILES string of the molecule is CC(N)(CCCSCC1CCCO1)C(=O)O. The number of carboxylic acids is 1. The number of carbonyl (C=O) groups is 1. The fraction of sp³-hybridized carbons (Fsp3) is 0.909. The Labute approximate surface area is 101 Å². The maximum atomic E-state index is 10.7. The second kappa shape index (κ2) is 6.47. The van der Waals surface area contributed by atoms with Crippen molar-refractivity contribution in [2.24, 2.45) is 5.73 Å². The van der Waals surface area contributed by atoms with Crippen molar-refractivity contribution in [3.05, 3.63) is 0 Å². The first-order valence-electron chi connectivity index (χ1n) is 5.74. The third-order valence-electron chi connectivity index (χ3n) is 2.80. The first kappa shape index (κ1) is 13.8. The second-order valence-electron chi connectivity index (χ2n) is 4.54.